The first-order chi connectivity index (χ1) is 8.73. The van der Waals surface area contributed by atoms with E-state index in [-0.39, 0.29) is 5.41 Å². The van der Waals surface area contributed by atoms with Gasteiger partial charge in [-0.2, -0.15) is 0 Å². The minimum absolute atomic E-state index is 0.00942. The van der Waals surface area contributed by atoms with Crippen LogP contribution in [0.5, 0.6) is 0 Å². The average molecular weight is 245 g/mol. The van der Waals surface area contributed by atoms with E-state index in [0.717, 1.165) is 11.8 Å². The van der Waals surface area contributed by atoms with Crippen molar-refractivity contribution in [1.29, 1.82) is 0 Å². The van der Waals surface area contributed by atoms with Gasteiger partial charge in [0.25, 0.3) is 0 Å². The maximum atomic E-state index is 12.6. The molecule has 4 aliphatic carbocycles. The first-order valence-electron chi connectivity index (χ1n) is 7.63. The van der Waals surface area contributed by atoms with Gasteiger partial charge in [-0.25, -0.2) is 0 Å². The Kier molecular flexibility index (Phi) is 2.09. The summed E-state index contributed by atoms with van der Waals surface area (Å²) in [6, 6.07) is 0. The number of carbonyl (C=O) groups is 1. The highest BCUT2D eigenvalue weighted by molar-refractivity contribution is 5.85. The number of amides is 1. The molecule has 0 spiro atoms. The molecule has 2 heteroatoms. The van der Waals surface area contributed by atoms with Crippen LogP contribution in [0.3, 0.4) is 0 Å². The highest BCUT2D eigenvalue weighted by Crippen LogP contribution is 2.73. The van der Waals surface area contributed by atoms with E-state index < -0.39 is 0 Å². The summed E-state index contributed by atoms with van der Waals surface area (Å²) >= 11 is 0. The fraction of sp³-hybridized carbons (Fsp3) is 0.812. The van der Waals surface area contributed by atoms with Crippen molar-refractivity contribution in [3.63, 3.8) is 0 Å². The van der Waals surface area contributed by atoms with Crippen molar-refractivity contribution >= 4 is 5.91 Å². The predicted octanol–water partition coefficient (Wildman–Crippen LogP) is 2.61. The molecule has 4 rings (SSSR count). The zero-order valence-electron chi connectivity index (χ0n) is 11.4. The third-order valence-corrected chi connectivity index (χ3v) is 6.77. The first kappa shape index (κ1) is 11.1. The minimum Gasteiger partial charge on any atom is -0.359 e. The Labute approximate surface area is 109 Å². The summed E-state index contributed by atoms with van der Waals surface area (Å²) in [4.78, 5) is 12.6. The second-order valence-corrected chi connectivity index (χ2v) is 6.93. The van der Waals surface area contributed by atoms with Crippen molar-refractivity contribution in [2.24, 2.45) is 40.9 Å². The first-order valence-corrected chi connectivity index (χ1v) is 7.63. The van der Waals surface area contributed by atoms with Crippen LogP contribution in [0.1, 0.15) is 32.6 Å². The monoisotopic (exact) mass is 245 g/mol. The highest BCUT2D eigenvalue weighted by atomic mass is 16.2. The highest BCUT2D eigenvalue weighted by Gasteiger charge is 2.72. The fourth-order valence-corrected chi connectivity index (χ4v) is 6.37. The van der Waals surface area contributed by atoms with Crippen LogP contribution in [0, 0.1) is 40.9 Å². The number of allylic oxidation sites excluding steroid dienone is 2. The SMILES string of the molecule is CCC1CC2CC1C1C3C=CC(C3)C21C(=O)NC. The lowest BCUT2D eigenvalue weighted by molar-refractivity contribution is -0.139. The summed E-state index contributed by atoms with van der Waals surface area (Å²) in [5, 5.41) is 3.00. The van der Waals surface area contributed by atoms with Crippen molar-refractivity contribution in [2.45, 2.75) is 32.6 Å². The zero-order chi connectivity index (χ0) is 12.5. The van der Waals surface area contributed by atoms with Crippen LogP contribution in [0.2, 0.25) is 0 Å². The maximum Gasteiger partial charge on any atom is 0.227 e. The molecule has 0 aromatic carbocycles. The van der Waals surface area contributed by atoms with E-state index in [2.05, 4.69) is 24.4 Å². The number of rotatable bonds is 2. The van der Waals surface area contributed by atoms with E-state index >= 15 is 0 Å². The van der Waals surface area contributed by atoms with Crippen LogP contribution in [0.15, 0.2) is 12.2 Å². The molecule has 4 bridgehead atoms. The maximum absolute atomic E-state index is 12.6. The van der Waals surface area contributed by atoms with Crippen LogP contribution < -0.4 is 5.32 Å². The van der Waals surface area contributed by atoms with Gasteiger partial charge < -0.3 is 5.32 Å². The molecule has 7 atom stereocenters. The smallest absolute Gasteiger partial charge is 0.227 e. The van der Waals surface area contributed by atoms with Crippen molar-refractivity contribution < 1.29 is 4.79 Å². The molecule has 0 saturated heterocycles. The molecule has 7 unspecified atom stereocenters. The molecule has 2 nitrogen and oxygen atoms in total. The van der Waals surface area contributed by atoms with Crippen LogP contribution in [0.25, 0.3) is 0 Å². The molecular weight excluding hydrogens is 222 g/mol. The van der Waals surface area contributed by atoms with Gasteiger partial charge in [-0.1, -0.05) is 25.5 Å². The molecule has 0 aromatic heterocycles. The Morgan fingerprint density at radius 1 is 1.33 bits per heavy atom. The van der Waals surface area contributed by atoms with Gasteiger partial charge in [-0.15, -0.1) is 0 Å². The summed E-state index contributed by atoms with van der Waals surface area (Å²) in [7, 11) is 1.83. The van der Waals surface area contributed by atoms with Crippen LogP contribution in [-0.2, 0) is 4.79 Å². The van der Waals surface area contributed by atoms with E-state index in [0.29, 0.717) is 29.6 Å². The normalized spacial score (nSPS) is 55.0. The van der Waals surface area contributed by atoms with Crippen LogP contribution in [-0.4, -0.2) is 13.0 Å². The second-order valence-electron chi connectivity index (χ2n) is 6.93. The lowest BCUT2D eigenvalue weighted by Crippen LogP contribution is -2.52. The lowest BCUT2D eigenvalue weighted by Gasteiger charge is -2.45. The van der Waals surface area contributed by atoms with Gasteiger partial charge in [0.05, 0.1) is 5.41 Å². The lowest BCUT2D eigenvalue weighted by atomic mass is 9.58. The molecule has 3 saturated carbocycles. The van der Waals surface area contributed by atoms with Crippen LogP contribution >= 0.6 is 0 Å². The van der Waals surface area contributed by atoms with Gasteiger partial charge in [0, 0.05) is 7.05 Å². The quantitative estimate of drug-likeness (QED) is 0.588. The van der Waals surface area contributed by atoms with E-state index in [1.165, 1.54) is 25.7 Å². The number of hydrogen-bond donors (Lipinski definition) is 1. The summed E-state index contributed by atoms with van der Waals surface area (Å²) in [6.45, 7) is 2.33. The molecule has 98 valence electrons. The molecule has 18 heavy (non-hydrogen) atoms. The third kappa shape index (κ3) is 0.972. The number of nitrogens with one attached hydrogen (secondary N) is 1. The van der Waals surface area contributed by atoms with E-state index in [9.17, 15) is 4.79 Å². The summed E-state index contributed by atoms with van der Waals surface area (Å²) in [6.07, 6.45) is 9.97. The molecule has 1 N–H and O–H groups in total. The Bertz CT molecular complexity index is 429. The predicted molar refractivity (Wildman–Crippen MR) is 70.7 cm³/mol. The summed E-state index contributed by atoms with van der Waals surface area (Å²) < 4.78 is 0. The molecule has 0 radical (unpaired) electrons. The standard InChI is InChI=1S/C16H23NO/c1-3-9-6-12-8-13(9)14-10-4-5-11(7-10)16(12,14)15(18)17-2/h4-5,9-14H,3,6-8H2,1-2H3,(H,17,18). The van der Waals surface area contributed by atoms with E-state index in [4.69, 9.17) is 0 Å². The summed E-state index contributed by atoms with van der Waals surface area (Å²) in [5.41, 5.74) is -0.00942. The molecule has 0 heterocycles. The third-order valence-electron chi connectivity index (χ3n) is 6.77. The van der Waals surface area contributed by atoms with Gasteiger partial charge in [0.15, 0.2) is 0 Å². The second kappa shape index (κ2) is 3.40. The van der Waals surface area contributed by atoms with Crippen molar-refractivity contribution in [3.8, 4) is 0 Å². The van der Waals surface area contributed by atoms with Crippen molar-refractivity contribution in [2.75, 3.05) is 7.05 Å². The Morgan fingerprint density at radius 2 is 2.17 bits per heavy atom. The largest absolute Gasteiger partial charge is 0.359 e. The Balaban J connectivity index is 1.81. The molecule has 0 aromatic rings. The Morgan fingerprint density at radius 3 is 2.89 bits per heavy atom. The number of fused-ring (bicyclic) bond motifs is 9. The number of carbonyl (C=O) groups excluding carboxylic acids is 1. The van der Waals surface area contributed by atoms with Gasteiger partial charge in [-0.05, 0) is 54.8 Å². The fourth-order valence-electron chi connectivity index (χ4n) is 6.37. The zero-order valence-corrected chi connectivity index (χ0v) is 11.4. The number of hydrogen-bond acceptors (Lipinski definition) is 1. The molecular formula is C16H23NO. The molecule has 0 aliphatic heterocycles. The molecule has 1 amide bonds. The van der Waals surface area contributed by atoms with Crippen molar-refractivity contribution in [1.82, 2.24) is 5.32 Å². The van der Waals surface area contributed by atoms with Gasteiger partial charge >= 0.3 is 0 Å². The van der Waals surface area contributed by atoms with Gasteiger partial charge in [0.1, 0.15) is 0 Å². The molecule has 4 aliphatic rings. The van der Waals surface area contributed by atoms with E-state index in [1.807, 2.05) is 7.05 Å². The Hall–Kier alpha value is -0.790. The van der Waals surface area contributed by atoms with Crippen molar-refractivity contribution in [3.05, 3.63) is 12.2 Å². The topological polar surface area (TPSA) is 29.1 Å². The minimum atomic E-state index is -0.00942. The van der Waals surface area contributed by atoms with Gasteiger partial charge in [-0.3, -0.25) is 4.79 Å². The molecule has 3 fully saturated rings. The summed E-state index contributed by atoms with van der Waals surface area (Å²) in [5.74, 6) is 4.65. The van der Waals surface area contributed by atoms with E-state index in [1.54, 1.807) is 0 Å². The van der Waals surface area contributed by atoms with Crippen LogP contribution in [0.4, 0.5) is 0 Å². The average Bonchev–Trinajstić information content (AvgIpc) is 3.12. The van der Waals surface area contributed by atoms with Gasteiger partial charge in [0.2, 0.25) is 5.91 Å².